The molecular formula is C40H82NO4P. The van der Waals surface area contributed by atoms with E-state index < -0.39 is 7.82 Å². The summed E-state index contributed by atoms with van der Waals surface area (Å²) in [6, 6.07) is 0.552. The molecule has 6 heteroatoms. The lowest BCUT2D eigenvalue weighted by Gasteiger charge is -2.24. The molecular weight excluding hydrogens is 589 g/mol. The summed E-state index contributed by atoms with van der Waals surface area (Å²) in [5.74, 6) is 0.708. The molecule has 2 unspecified atom stereocenters. The molecule has 1 saturated heterocycles. The molecule has 5 nitrogen and oxygen atoms in total. The quantitative estimate of drug-likeness (QED) is 0.0490. The van der Waals surface area contributed by atoms with Gasteiger partial charge >= 0.3 is 7.82 Å². The highest BCUT2D eigenvalue weighted by Gasteiger charge is 2.30. The minimum Gasteiger partial charge on any atom is -0.298 e. The molecule has 0 N–H and O–H groups in total. The van der Waals surface area contributed by atoms with Crippen LogP contribution in [-0.2, 0) is 18.1 Å². The Morgan fingerprint density at radius 1 is 0.478 bits per heavy atom. The van der Waals surface area contributed by atoms with Crippen LogP contribution in [-0.4, -0.2) is 43.9 Å². The third-order valence-electron chi connectivity index (χ3n) is 10.4. The van der Waals surface area contributed by atoms with Crippen LogP contribution in [0, 0.1) is 5.92 Å². The zero-order valence-corrected chi connectivity index (χ0v) is 32.6. The number of hydrogen-bond acceptors (Lipinski definition) is 5. The van der Waals surface area contributed by atoms with E-state index in [4.69, 9.17) is 13.6 Å². The fourth-order valence-electron chi connectivity index (χ4n) is 6.82. The van der Waals surface area contributed by atoms with Crippen LogP contribution in [0.15, 0.2) is 0 Å². The normalized spacial score (nSPS) is 17.4. The van der Waals surface area contributed by atoms with E-state index in [9.17, 15) is 4.57 Å². The maximum atomic E-state index is 13.5. The van der Waals surface area contributed by atoms with Gasteiger partial charge in [0.15, 0.2) is 0 Å². The van der Waals surface area contributed by atoms with Crippen LogP contribution in [0.4, 0.5) is 0 Å². The van der Waals surface area contributed by atoms with Gasteiger partial charge in [-0.2, -0.15) is 0 Å². The first-order valence-electron chi connectivity index (χ1n) is 20.8. The zero-order valence-electron chi connectivity index (χ0n) is 31.7. The number of likely N-dealkylation sites (tertiary alicyclic amines) is 1. The number of phosphoric ester groups is 1. The molecule has 46 heavy (non-hydrogen) atoms. The Morgan fingerprint density at radius 2 is 0.783 bits per heavy atom. The third kappa shape index (κ3) is 26.0. The molecule has 0 amide bonds. The number of unbranched alkanes of at least 4 members (excludes halogenated alkanes) is 26. The predicted octanol–water partition coefficient (Wildman–Crippen LogP) is 13.8. The van der Waals surface area contributed by atoms with Gasteiger partial charge in [0.2, 0.25) is 0 Å². The van der Waals surface area contributed by atoms with Crippen LogP contribution < -0.4 is 0 Å². The van der Waals surface area contributed by atoms with Gasteiger partial charge in [0.1, 0.15) is 0 Å². The molecule has 276 valence electrons. The summed E-state index contributed by atoms with van der Waals surface area (Å²) in [5, 5.41) is 0. The second-order valence-corrected chi connectivity index (χ2v) is 16.4. The van der Waals surface area contributed by atoms with E-state index in [0.717, 1.165) is 38.8 Å². The molecule has 0 spiro atoms. The Balaban J connectivity index is 2.14. The molecule has 0 radical (unpaired) electrons. The summed E-state index contributed by atoms with van der Waals surface area (Å²) in [7, 11) is -3.51. The average molecular weight is 672 g/mol. The van der Waals surface area contributed by atoms with Crippen LogP contribution in [0.5, 0.6) is 0 Å². The molecule has 1 fully saturated rings. The van der Waals surface area contributed by atoms with Crippen molar-refractivity contribution in [2.24, 2.45) is 5.92 Å². The number of phosphoric acid groups is 1. The zero-order chi connectivity index (χ0) is 33.4. The van der Waals surface area contributed by atoms with Crippen molar-refractivity contribution in [2.75, 3.05) is 32.9 Å². The number of nitrogens with zero attached hydrogens (tertiary/aromatic N) is 1. The van der Waals surface area contributed by atoms with Crippen molar-refractivity contribution in [1.82, 2.24) is 4.90 Å². The van der Waals surface area contributed by atoms with Gasteiger partial charge in [0.25, 0.3) is 0 Å². The highest BCUT2D eigenvalue weighted by molar-refractivity contribution is 7.48. The van der Waals surface area contributed by atoms with E-state index in [1.165, 1.54) is 161 Å². The summed E-state index contributed by atoms with van der Waals surface area (Å²) < 4.78 is 31.1. The Kier molecular flexibility index (Phi) is 30.9. The minimum atomic E-state index is -3.51. The molecule has 0 aliphatic carbocycles. The van der Waals surface area contributed by atoms with Gasteiger partial charge in [-0.1, -0.05) is 188 Å². The summed E-state index contributed by atoms with van der Waals surface area (Å²) in [4.78, 5) is 2.44. The molecule has 1 aliphatic heterocycles. The first kappa shape index (κ1) is 44.1. The number of rotatable bonds is 36. The number of hydrogen-bond donors (Lipinski definition) is 0. The molecule has 1 aliphatic rings. The second kappa shape index (κ2) is 32.3. The van der Waals surface area contributed by atoms with E-state index in [0.29, 0.717) is 31.8 Å². The first-order valence-corrected chi connectivity index (χ1v) is 22.3. The Hall–Kier alpha value is 0.0700. The van der Waals surface area contributed by atoms with Crippen LogP contribution in [0.1, 0.15) is 214 Å². The summed E-state index contributed by atoms with van der Waals surface area (Å²) in [5.41, 5.74) is 0. The molecule has 0 aromatic carbocycles. The fourth-order valence-corrected chi connectivity index (χ4v) is 8.05. The van der Waals surface area contributed by atoms with Crippen molar-refractivity contribution >= 4 is 7.82 Å². The van der Waals surface area contributed by atoms with E-state index in [1.54, 1.807) is 0 Å². The molecule has 1 heterocycles. The predicted molar refractivity (Wildman–Crippen MR) is 201 cm³/mol. The lowest BCUT2D eigenvalue weighted by molar-refractivity contribution is 0.0969. The van der Waals surface area contributed by atoms with Crippen molar-refractivity contribution in [2.45, 2.75) is 220 Å². The Morgan fingerprint density at radius 3 is 1.09 bits per heavy atom. The van der Waals surface area contributed by atoms with E-state index in [-0.39, 0.29) is 0 Å². The van der Waals surface area contributed by atoms with Crippen LogP contribution >= 0.6 is 7.82 Å². The third-order valence-corrected chi connectivity index (χ3v) is 11.9. The van der Waals surface area contributed by atoms with Crippen molar-refractivity contribution in [3.05, 3.63) is 0 Å². The topological polar surface area (TPSA) is 48.0 Å². The first-order chi connectivity index (χ1) is 22.5. The van der Waals surface area contributed by atoms with Crippen molar-refractivity contribution in [1.29, 1.82) is 0 Å². The summed E-state index contributed by atoms with van der Waals surface area (Å²) in [6.45, 7) is 12.4. The fraction of sp³-hybridized carbons (Fsp3) is 1.00. The van der Waals surface area contributed by atoms with E-state index in [2.05, 4.69) is 32.6 Å². The van der Waals surface area contributed by atoms with Gasteiger partial charge < -0.3 is 0 Å². The molecule has 0 bridgehead atoms. The average Bonchev–Trinajstić information content (AvgIpc) is 3.37. The highest BCUT2D eigenvalue weighted by atomic mass is 31.2. The Bertz CT molecular complexity index is 640. The van der Waals surface area contributed by atoms with Gasteiger partial charge in [0, 0.05) is 12.6 Å². The minimum absolute atomic E-state index is 0.409. The molecule has 0 saturated carbocycles. The standard InChI is InChI=1S/C40H82NO4P/c1-5-7-9-11-13-15-17-19-21-23-25-27-29-31-36-43-46(42,45-38-35-41-34-33-39(3)40(41)4)44-37-32-30-28-26-24-22-20-18-16-14-12-10-8-6-2/h39-40H,5-38H2,1-4H3. The molecule has 1 rings (SSSR count). The SMILES string of the molecule is CCCCCCCCCCCCCCCCOP(=O)(OCCCCCCCCCCCCCCCC)OCCN1CCC(C)C1C. The highest BCUT2D eigenvalue weighted by Crippen LogP contribution is 2.49. The van der Waals surface area contributed by atoms with Crippen molar-refractivity contribution in [3.8, 4) is 0 Å². The van der Waals surface area contributed by atoms with Gasteiger partial charge in [-0.15, -0.1) is 0 Å². The Labute approximate surface area is 289 Å². The second-order valence-electron chi connectivity index (χ2n) is 14.7. The van der Waals surface area contributed by atoms with E-state index >= 15 is 0 Å². The van der Waals surface area contributed by atoms with Gasteiger partial charge in [0.05, 0.1) is 19.8 Å². The van der Waals surface area contributed by atoms with Crippen LogP contribution in [0.25, 0.3) is 0 Å². The van der Waals surface area contributed by atoms with Gasteiger partial charge in [-0.05, 0) is 38.6 Å². The van der Waals surface area contributed by atoms with Gasteiger partial charge in [-0.25, -0.2) is 4.57 Å². The maximum Gasteiger partial charge on any atom is 0.474 e. The molecule has 2 atom stereocenters. The lowest BCUT2D eigenvalue weighted by Crippen LogP contribution is -2.32. The van der Waals surface area contributed by atoms with Gasteiger partial charge in [-0.3, -0.25) is 18.5 Å². The maximum absolute atomic E-state index is 13.5. The van der Waals surface area contributed by atoms with Crippen molar-refractivity contribution < 1.29 is 18.1 Å². The molecule has 0 aromatic rings. The van der Waals surface area contributed by atoms with Crippen LogP contribution in [0.3, 0.4) is 0 Å². The van der Waals surface area contributed by atoms with E-state index in [1.807, 2.05) is 0 Å². The molecule has 0 aromatic heterocycles. The smallest absolute Gasteiger partial charge is 0.298 e. The largest absolute Gasteiger partial charge is 0.474 e. The van der Waals surface area contributed by atoms with Crippen LogP contribution in [0.2, 0.25) is 0 Å². The lowest BCUT2D eigenvalue weighted by atomic mass is 10.0. The summed E-state index contributed by atoms with van der Waals surface area (Å²) in [6.07, 6.45) is 38.3. The monoisotopic (exact) mass is 672 g/mol. The summed E-state index contributed by atoms with van der Waals surface area (Å²) >= 11 is 0. The van der Waals surface area contributed by atoms with Crippen molar-refractivity contribution in [3.63, 3.8) is 0 Å².